The number of carbonyl (C=O) groups is 4. The normalized spacial score (nSPS) is 34.2. The third kappa shape index (κ3) is 4.77. The summed E-state index contributed by atoms with van der Waals surface area (Å²) in [5.41, 5.74) is -2.61. The monoisotopic (exact) mass is 604 g/mol. The van der Waals surface area contributed by atoms with Crippen LogP contribution in [0.15, 0.2) is 53.0 Å². The van der Waals surface area contributed by atoms with E-state index in [9.17, 15) is 27.6 Å². The van der Waals surface area contributed by atoms with E-state index in [2.05, 4.69) is 0 Å². The van der Waals surface area contributed by atoms with Gasteiger partial charge in [0, 0.05) is 28.2 Å². The molecule has 0 spiro atoms. The van der Waals surface area contributed by atoms with Crippen molar-refractivity contribution in [3.63, 3.8) is 0 Å². The largest absolute Gasteiger partial charge is 0.509 e. The number of ether oxygens (including phenoxy) is 2. The zero-order chi connectivity index (χ0) is 29.8. The van der Waals surface area contributed by atoms with Gasteiger partial charge in [0.1, 0.15) is 12.4 Å². The van der Waals surface area contributed by atoms with Crippen molar-refractivity contribution in [2.45, 2.75) is 63.4 Å². The summed E-state index contributed by atoms with van der Waals surface area (Å²) in [7, 11) is -4.33. The lowest BCUT2D eigenvalue weighted by Gasteiger charge is -2.57. The van der Waals surface area contributed by atoms with E-state index in [1.807, 2.05) is 13.0 Å². The molecule has 0 N–H and O–H groups in total. The van der Waals surface area contributed by atoms with Crippen molar-refractivity contribution in [3.05, 3.63) is 53.1 Å². The Hall–Kier alpha value is -2.82. The second-order valence-corrected chi connectivity index (χ2v) is 13.8. The van der Waals surface area contributed by atoms with Crippen LogP contribution in [0.5, 0.6) is 0 Å². The molecule has 6 atom stereocenters. The molecule has 11 heteroatoms. The Morgan fingerprint density at radius 3 is 2.49 bits per heavy atom. The topological polar surface area (TPSA) is 130 Å². The van der Waals surface area contributed by atoms with E-state index in [-0.39, 0.29) is 53.7 Å². The fourth-order valence-electron chi connectivity index (χ4n) is 7.91. The molecule has 0 radical (unpaired) electrons. The minimum Gasteiger partial charge on any atom is -0.435 e. The number of hydrogen-bond donors (Lipinski definition) is 0. The van der Waals surface area contributed by atoms with Gasteiger partial charge in [0.15, 0.2) is 11.4 Å². The fourth-order valence-corrected chi connectivity index (χ4v) is 8.90. The van der Waals surface area contributed by atoms with E-state index >= 15 is 0 Å². The van der Waals surface area contributed by atoms with Crippen LogP contribution in [0.4, 0.5) is 4.79 Å². The number of halogens is 1. The Bertz CT molecular complexity index is 1460. The van der Waals surface area contributed by atoms with E-state index in [1.54, 1.807) is 19.9 Å². The second kappa shape index (κ2) is 10.5. The van der Waals surface area contributed by atoms with Crippen LogP contribution in [0.1, 0.15) is 52.9 Å². The van der Waals surface area contributed by atoms with Gasteiger partial charge in [-0.1, -0.05) is 37.1 Å². The van der Waals surface area contributed by atoms with Crippen LogP contribution in [-0.4, -0.2) is 50.7 Å². The third-order valence-electron chi connectivity index (χ3n) is 9.79. The van der Waals surface area contributed by atoms with Crippen molar-refractivity contribution in [3.8, 4) is 0 Å². The molecule has 1 aromatic rings. The van der Waals surface area contributed by atoms with Gasteiger partial charge in [0.2, 0.25) is 5.78 Å². The molecule has 0 bridgehead atoms. The van der Waals surface area contributed by atoms with E-state index < -0.39 is 45.1 Å². The maximum atomic E-state index is 14.0. The SMILES string of the molecule is CCOC(=O)O[C@]1(C(=O)COS(=O)(=O)c2ccc(Cl)cc2)CC[C@H]2[C@@H]3CCC4=CC(=O)C=C[C@]4(C)[C@H]3C(=O)C[C@@]21C. The predicted octanol–water partition coefficient (Wildman–Crippen LogP) is 5.01. The van der Waals surface area contributed by atoms with E-state index in [0.717, 1.165) is 5.57 Å². The smallest absolute Gasteiger partial charge is 0.435 e. The number of ketones is 3. The van der Waals surface area contributed by atoms with Crippen molar-refractivity contribution < 1.29 is 41.3 Å². The molecular formula is C30H33ClO9S. The van der Waals surface area contributed by atoms with Crippen molar-refractivity contribution in [2.75, 3.05) is 13.2 Å². The first-order valence-corrected chi connectivity index (χ1v) is 15.6. The number of fused-ring (bicyclic) bond motifs is 5. The van der Waals surface area contributed by atoms with Crippen LogP contribution in [0.3, 0.4) is 0 Å². The predicted molar refractivity (Wildman–Crippen MR) is 147 cm³/mol. The van der Waals surface area contributed by atoms with Gasteiger partial charge in [-0.05, 0) is 80.9 Å². The van der Waals surface area contributed by atoms with Gasteiger partial charge in [-0.15, -0.1) is 0 Å². The maximum absolute atomic E-state index is 14.0. The Kier molecular flexibility index (Phi) is 7.58. The van der Waals surface area contributed by atoms with Gasteiger partial charge in [-0.25, -0.2) is 4.79 Å². The number of Topliss-reactive ketones (excluding diaryl/α,β-unsaturated/α-hetero) is 2. The number of carbonyl (C=O) groups excluding carboxylic acids is 4. The van der Waals surface area contributed by atoms with E-state index in [4.69, 9.17) is 25.3 Å². The first kappa shape index (κ1) is 29.7. The van der Waals surface area contributed by atoms with Gasteiger partial charge in [0.25, 0.3) is 10.1 Å². The Morgan fingerprint density at radius 2 is 1.80 bits per heavy atom. The lowest BCUT2D eigenvalue weighted by molar-refractivity contribution is -0.172. The molecule has 0 saturated heterocycles. The van der Waals surface area contributed by atoms with Crippen molar-refractivity contribution in [2.24, 2.45) is 28.6 Å². The quantitative estimate of drug-likeness (QED) is 0.311. The molecule has 3 saturated carbocycles. The Balaban J connectivity index is 1.48. The molecule has 0 unspecified atom stereocenters. The number of hydrogen-bond acceptors (Lipinski definition) is 9. The van der Waals surface area contributed by atoms with Gasteiger partial charge in [-0.3, -0.25) is 18.6 Å². The van der Waals surface area contributed by atoms with Gasteiger partial charge in [0.05, 0.1) is 11.5 Å². The molecule has 220 valence electrons. The molecule has 3 fully saturated rings. The number of allylic oxidation sites excluding steroid dienone is 4. The van der Waals surface area contributed by atoms with Crippen molar-refractivity contribution in [1.82, 2.24) is 0 Å². The molecule has 0 aliphatic heterocycles. The summed E-state index contributed by atoms with van der Waals surface area (Å²) in [6, 6.07) is 5.31. The van der Waals surface area contributed by atoms with Crippen molar-refractivity contribution in [1.29, 1.82) is 0 Å². The minimum absolute atomic E-state index is 0.00679. The molecule has 1 aromatic carbocycles. The van der Waals surface area contributed by atoms with Crippen LogP contribution in [0.2, 0.25) is 5.02 Å². The summed E-state index contributed by atoms with van der Waals surface area (Å²) in [6.07, 6.45) is 5.71. The van der Waals surface area contributed by atoms with Crippen molar-refractivity contribution >= 4 is 45.2 Å². The molecule has 0 heterocycles. The molecule has 5 rings (SSSR count). The summed E-state index contributed by atoms with van der Waals surface area (Å²) < 4.78 is 41.7. The molecule has 4 aliphatic rings. The molecular weight excluding hydrogens is 572 g/mol. The Morgan fingerprint density at radius 1 is 1.10 bits per heavy atom. The zero-order valence-corrected chi connectivity index (χ0v) is 24.8. The molecule has 41 heavy (non-hydrogen) atoms. The standard InChI is InChI=1S/C30H33ClO9S/c1-4-38-27(35)40-30(25(34)17-39-41(36,37)21-8-6-19(31)7-9-21)14-12-23-22-10-5-18-15-20(32)11-13-28(18,2)26(22)24(33)16-29(23,30)3/h6-9,11,13,15,22-23,26H,4-5,10,12,14,16-17H2,1-3H3/t22-,23-,26+,28-,29-,30-/m0/s1. The highest BCUT2D eigenvalue weighted by Crippen LogP contribution is 2.67. The van der Waals surface area contributed by atoms with E-state index in [1.165, 1.54) is 30.3 Å². The fraction of sp³-hybridized carbons (Fsp3) is 0.533. The van der Waals surface area contributed by atoms with Crippen LogP contribution < -0.4 is 0 Å². The minimum atomic E-state index is -4.33. The number of rotatable bonds is 7. The highest BCUT2D eigenvalue weighted by atomic mass is 35.5. The average molecular weight is 605 g/mol. The lowest BCUT2D eigenvalue weighted by Crippen LogP contribution is -2.62. The van der Waals surface area contributed by atoms with Gasteiger partial charge < -0.3 is 9.47 Å². The second-order valence-electron chi connectivity index (χ2n) is 11.8. The third-order valence-corrected chi connectivity index (χ3v) is 11.3. The maximum Gasteiger partial charge on any atom is 0.509 e. The van der Waals surface area contributed by atoms with Gasteiger partial charge in [-0.2, -0.15) is 8.42 Å². The zero-order valence-electron chi connectivity index (χ0n) is 23.2. The summed E-state index contributed by atoms with van der Waals surface area (Å²) in [4.78, 5) is 52.6. The first-order chi connectivity index (χ1) is 19.3. The Labute approximate surface area is 244 Å². The molecule has 0 amide bonds. The molecule has 0 aromatic heterocycles. The highest BCUT2D eigenvalue weighted by Gasteiger charge is 2.70. The summed E-state index contributed by atoms with van der Waals surface area (Å²) in [6.45, 7) is 4.48. The highest BCUT2D eigenvalue weighted by molar-refractivity contribution is 7.86. The van der Waals surface area contributed by atoms with E-state index in [0.29, 0.717) is 24.3 Å². The average Bonchev–Trinajstić information content (AvgIpc) is 3.20. The lowest BCUT2D eigenvalue weighted by atomic mass is 9.46. The summed E-state index contributed by atoms with van der Waals surface area (Å²) >= 11 is 5.86. The van der Waals surface area contributed by atoms with Crippen LogP contribution >= 0.6 is 11.6 Å². The number of benzene rings is 1. The van der Waals surface area contributed by atoms with Crippen LogP contribution in [0, 0.1) is 28.6 Å². The van der Waals surface area contributed by atoms with Crippen LogP contribution in [-0.2, 0) is 38.2 Å². The van der Waals surface area contributed by atoms with Crippen LogP contribution in [0.25, 0.3) is 0 Å². The molecule has 4 aliphatic carbocycles. The van der Waals surface area contributed by atoms with Gasteiger partial charge >= 0.3 is 6.16 Å². The first-order valence-electron chi connectivity index (χ1n) is 13.8. The summed E-state index contributed by atoms with van der Waals surface area (Å²) in [5, 5.41) is 0.335. The summed E-state index contributed by atoms with van der Waals surface area (Å²) in [5.74, 6) is -1.61. The molecule has 9 nitrogen and oxygen atoms in total.